The van der Waals surface area contributed by atoms with Gasteiger partial charge in [-0.25, -0.2) is 14.6 Å². The van der Waals surface area contributed by atoms with Crippen LogP contribution < -0.4 is 16.9 Å². The molecule has 236 valence electrons. The summed E-state index contributed by atoms with van der Waals surface area (Å²) in [6.45, 7) is -0.623. The van der Waals surface area contributed by atoms with E-state index in [1.165, 1.54) is 15.2 Å². The molecule has 0 radical (unpaired) electrons. The van der Waals surface area contributed by atoms with Crippen molar-refractivity contribution in [2.75, 3.05) is 12.3 Å². The summed E-state index contributed by atoms with van der Waals surface area (Å²) in [7, 11) is 3.20. The molecule has 1 aliphatic heterocycles. The third-order valence-corrected chi connectivity index (χ3v) is 7.00. The van der Waals surface area contributed by atoms with E-state index in [0.717, 1.165) is 0 Å². The van der Waals surface area contributed by atoms with Crippen molar-refractivity contribution in [3.05, 3.63) is 86.0 Å². The van der Waals surface area contributed by atoms with Crippen molar-refractivity contribution in [3.8, 4) is 12.3 Å². The average Bonchev–Trinajstić information content (AvgIpc) is 3.63. The van der Waals surface area contributed by atoms with Gasteiger partial charge in [0.2, 0.25) is 5.28 Å². The highest BCUT2D eigenvalue weighted by molar-refractivity contribution is 6.28. The minimum absolute atomic E-state index is 0.0236. The van der Waals surface area contributed by atoms with Gasteiger partial charge in [-0.1, -0.05) is 5.92 Å². The second kappa shape index (κ2) is 14.0. The molecular formula is C29H29ClN6O9. The van der Waals surface area contributed by atoms with Crippen LogP contribution in [0.1, 0.15) is 30.2 Å². The quantitative estimate of drug-likeness (QED) is 0.171. The normalized spacial score (nSPS) is 17.2. The van der Waals surface area contributed by atoms with Gasteiger partial charge in [-0.3, -0.25) is 9.59 Å². The molecule has 16 heteroatoms. The number of carbonyl (C=O) groups is 2. The minimum Gasteiger partial charge on any atom is -0.450 e. The molecule has 4 aromatic rings. The van der Waals surface area contributed by atoms with E-state index in [1.54, 1.807) is 61.5 Å². The summed E-state index contributed by atoms with van der Waals surface area (Å²) in [6, 6.07) is 8.21. The average molecular weight is 641 g/mol. The number of rotatable bonds is 7. The number of nitrogens with two attached hydrogens (primary N) is 1. The van der Waals surface area contributed by atoms with Crippen LogP contribution in [0.25, 0.3) is 11.0 Å². The number of nitrogen functional groups attached to an aromatic ring is 1. The van der Waals surface area contributed by atoms with Gasteiger partial charge in [-0.15, -0.1) is 6.42 Å². The second-order valence-corrected chi connectivity index (χ2v) is 10.2. The molecule has 1 aliphatic rings. The van der Waals surface area contributed by atoms with Crippen LogP contribution >= 0.6 is 11.6 Å². The van der Waals surface area contributed by atoms with Gasteiger partial charge in [0.1, 0.15) is 37.5 Å². The van der Waals surface area contributed by atoms with Gasteiger partial charge in [0, 0.05) is 32.7 Å². The van der Waals surface area contributed by atoms with Crippen molar-refractivity contribution in [1.82, 2.24) is 23.7 Å². The highest BCUT2D eigenvalue weighted by Crippen LogP contribution is 2.38. The highest BCUT2D eigenvalue weighted by Gasteiger charge is 2.41. The number of hydrogen-bond donors (Lipinski definition) is 2. The number of aromatic nitrogens is 5. The maximum Gasteiger partial charge on any atom is 0.508 e. The fourth-order valence-electron chi connectivity index (χ4n) is 4.47. The summed E-state index contributed by atoms with van der Waals surface area (Å²) in [5.74, 6) is 2.84. The molecule has 0 aromatic carbocycles. The lowest BCUT2D eigenvalue weighted by atomic mass is 10.0. The Bertz CT molecular complexity index is 1880. The number of anilines is 1. The highest BCUT2D eigenvalue weighted by atomic mass is 35.5. The van der Waals surface area contributed by atoms with Crippen molar-refractivity contribution in [2.24, 2.45) is 14.1 Å². The van der Waals surface area contributed by atoms with Crippen LogP contribution in [0, 0.1) is 12.3 Å². The molecule has 1 fully saturated rings. The standard InChI is InChI=1S/C21H20ClN5O5.C8H9NO4/c1-3-21(12-31-20(29)30-11-13-5-4-9-26(2)18(13)28)8-6-15(32-21)27-10-7-14-16(23)24-19(22)25-17(14)27;1-9-4-2-3-6(7(9)10)5-13-8(11)12/h1,4-5,7,9-10,15H,6,8,11-12H2,2H3,(H2,23,24,25);2-4H,5H2,1H3,(H,11,12)/t15-,21+;/m1./s1. The van der Waals surface area contributed by atoms with Crippen LogP contribution in [-0.4, -0.2) is 53.3 Å². The molecule has 0 saturated carbocycles. The van der Waals surface area contributed by atoms with E-state index in [9.17, 15) is 19.2 Å². The van der Waals surface area contributed by atoms with Crippen LogP contribution in [0.2, 0.25) is 5.28 Å². The van der Waals surface area contributed by atoms with Crippen LogP contribution in [0.5, 0.6) is 0 Å². The monoisotopic (exact) mass is 640 g/mol. The van der Waals surface area contributed by atoms with Gasteiger partial charge < -0.3 is 43.5 Å². The van der Waals surface area contributed by atoms with E-state index in [-0.39, 0.29) is 42.0 Å². The molecule has 0 amide bonds. The zero-order valence-electron chi connectivity index (χ0n) is 24.2. The molecule has 3 N–H and O–H groups in total. The first-order chi connectivity index (χ1) is 21.4. The Morgan fingerprint density at radius 3 is 2.29 bits per heavy atom. The lowest BCUT2D eigenvalue weighted by molar-refractivity contribution is -0.0737. The smallest absolute Gasteiger partial charge is 0.450 e. The summed E-state index contributed by atoms with van der Waals surface area (Å²) in [5.41, 5.74) is 5.44. The van der Waals surface area contributed by atoms with Crippen molar-refractivity contribution in [2.45, 2.75) is 37.9 Å². The molecule has 15 nitrogen and oxygen atoms in total. The Labute approximate surface area is 260 Å². The summed E-state index contributed by atoms with van der Waals surface area (Å²) < 4.78 is 25.1. The van der Waals surface area contributed by atoms with Crippen molar-refractivity contribution < 1.29 is 33.6 Å². The number of carboxylic acid groups (broad SMARTS) is 1. The largest absolute Gasteiger partial charge is 0.508 e. The zero-order chi connectivity index (χ0) is 32.7. The van der Waals surface area contributed by atoms with Crippen molar-refractivity contribution in [3.63, 3.8) is 0 Å². The number of fused-ring (bicyclic) bond motifs is 1. The molecule has 0 unspecified atom stereocenters. The summed E-state index contributed by atoms with van der Waals surface area (Å²) >= 11 is 5.94. The fraction of sp³-hybridized carbons (Fsp3) is 0.310. The molecule has 5 heterocycles. The first kappa shape index (κ1) is 32.6. The van der Waals surface area contributed by atoms with Crippen LogP contribution in [0.4, 0.5) is 15.4 Å². The zero-order valence-corrected chi connectivity index (χ0v) is 25.0. The van der Waals surface area contributed by atoms with Gasteiger partial charge in [0.15, 0.2) is 5.60 Å². The summed E-state index contributed by atoms with van der Waals surface area (Å²) in [6.07, 6.45) is 8.87. The number of aryl methyl sites for hydroxylation is 2. The van der Waals surface area contributed by atoms with Crippen molar-refractivity contribution >= 4 is 40.8 Å². The van der Waals surface area contributed by atoms with Gasteiger partial charge in [-0.05, 0) is 54.8 Å². The van der Waals surface area contributed by atoms with E-state index < -0.39 is 24.1 Å². The maximum absolute atomic E-state index is 12.1. The first-order valence-electron chi connectivity index (χ1n) is 13.3. The predicted molar refractivity (Wildman–Crippen MR) is 160 cm³/mol. The Balaban J connectivity index is 0.000000297. The van der Waals surface area contributed by atoms with Crippen LogP contribution in [-0.2, 0) is 46.3 Å². The molecule has 2 atom stereocenters. The number of carbonyl (C=O) groups excluding carboxylic acids is 1. The van der Waals surface area contributed by atoms with Gasteiger partial charge >= 0.3 is 12.3 Å². The molecular weight excluding hydrogens is 612 g/mol. The van der Waals surface area contributed by atoms with Gasteiger partial charge in [-0.2, -0.15) is 4.98 Å². The third kappa shape index (κ3) is 7.80. The molecule has 45 heavy (non-hydrogen) atoms. The number of ether oxygens (including phenoxy) is 4. The van der Waals surface area contributed by atoms with E-state index in [4.69, 9.17) is 43.1 Å². The molecule has 4 aromatic heterocycles. The predicted octanol–water partition coefficient (Wildman–Crippen LogP) is 2.98. The SMILES string of the molecule is C#C[C@@]1(COC(=O)OCc2cccn(C)c2=O)CC[C@H](n2ccc3c(N)nc(Cl)nc32)O1.Cn1cccc(COC(=O)O)c1=O. The van der Waals surface area contributed by atoms with E-state index in [0.29, 0.717) is 35.0 Å². The number of hydrogen-bond acceptors (Lipinski definition) is 11. The molecule has 0 bridgehead atoms. The van der Waals surface area contributed by atoms with Crippen molar-refractivity contribution in [1.29, 1.82) is 0 Å². The number of terminal acetylenes is 1. The summed E-state index contributed by atoms with van der Waals surface area (Å²) in [4.78, 5) is 53.5. The first-order valence-corrected chi connectivity index (χ1v) is 13.7. The second-order valence-electron chi connectivity index (χ2n) is 9.87. The van der Waals surface area contributed by atoms with E-state index in [1.807, 2.05) is 0 Å². The Morgan fingerprint density at radius 1 is 1.07 bits per heavy atom. The molecule has 5 rings (SSSR count). The van der Waals surface area contributed by atoms with E-state index >= 15 is 0 Å². The minimum atomic E-state index is -1.38. The van der Waals surface area contributed by atoms with Crippen LogP contribution in [0.3, 0.4) is 0 Å². The molecule has 0 spiro atoms. The Hall–Kier alpha value is -5.33. The molecule has 1 saturated heterocycles. The number of nitrogens with zero attached hydrogens (tertiary/aromatic N) is 5. The van der Waals surface area contributed by atoms with Gasteiger partial charge in [0.05, 0.1) is 16.5 Å². The summed E-state index contributed by atoms with van der Waals surface area (Å²) in [5, 5.41) is 8.87. The lowest BCUT2D eigenvalue weighted by Gasteiger charge is -2.23. The van der Waals surface area contributed by atoms with Gasteiger partial charge in [0.25, 0.3) is 11.1 Å². The fourth-order valence-corrected chi connectivity index (χ4v) is 4.64. The molecule has 0 aliphatic carbocycles. The maximum atomic E-state index is 12.1. The lowest BCUT2D eigenvalue weighted by Crippen LogP contribution is -2.34. The Kier molecular flexibility index (Phi) is 10.1. The van der Waals surface area contributed by atoms with E-state index in [2.05, 4.69) is 20.6 Å². The topological polar surface area (TPSA) is 192 Å². The van der Waals surface area contributed by atoms with Crippen LogP contribution in [0.15, 0.2) is 58.5 Å². The number of halogens is 1. The number of pyridine rings is 2. The Morgan fingerprint density at radius 2 is 1.69 bits per heavy atom. The third-order valence-electron chi connectivity index (χ3n) is 6.83.